The van der Waals surface area contributed by atoms with E-state index < -0.39 is 19.1 Å². The van der Waals surface area contributed by atoms with Crippen LogP contribution >= 0.6 is 18.7 Å². The quantitative estimate of drug-likeness (QED) is 0.0504. The summed E-state index contributed by atoms with van der Waals surface area (Å²) in [5.41, 5.74) is 4.63. The largest absolute Gasteiger partial charge is 0.494 e. The topological polar surface area (TPSA) is 181 Å². The number of ether oxygens (including phenoxy) is 1. The number of fused-ring (bicyclic) bond motifs is 1. The fourth-order valence-corrected chi connectivity index (χ4v) is 10.5. The number of hydrogen-bond donors (Lipinski definition) is 4. The Morgan fingerprint density at radius 1 is 0.940 bits per heavy atom. The molecule has 0 bridgehead atoms. The first-order valence-corrected chi connectivity index (χ1v) is 25.9. The number of para-hydroxylation sites is 1. The molecule has 0 saturated carbocycles. The van der Waals surface area contributed by atoms with Crippen molar-refractivity contribution in [3.05, 3.63) is 88.6 Å². The highest BCUT2D eigenvalue weighted by atomic mass is 35.5. The maximum Gasteiger partial charge on any atom is 0.255 e. The number of unbranched alkanes of at least 4 members (excludes halogenated alkanes) is 2. The van der Waals surface area contributed by atoms with Gasteiger partial charge in [-0.2, -0.15) is 4.98 Å². The van der Waals surface area contributed by atoms with Crippen molar-refractivity contribution in [2.45, 2.75) is 63.6 Å². The summed E-state index contributed by atoms with van der Waals surface area (Å²) in [6.07, 6.45) is 6.47. The second kappa shape index (κ2) is 21.3. The number of aromatic nitrogens is 2. The molecule has 0 radical (unpaired) electrons. The molecule has 1 atom stereocenters. The molecular formula is C49H58ClN10O6P. The van der Waals surface area contributed by atoms with Gasteiger partial charge < -0.3 is 35.1 Å². The van der Waals surface area contributed by atoms with Gasteiger partial charge in [-0.15, -0.1) is 0 Å². The smallest absolute Gasteiger partial charge is 0.255 e. The summed E-state index contributed by atoms with van der Waals surface area (Å²) >= 11 is 6.48. The predicted octanol–water partition coefficient (Wildman–Crippen LogP) is 5.56. The third-order valence-electron chi connectivity index (χ3n) is 12.9. The van der Waals surface area contributed by atoms with Gasteiger partial charge in [-0.3, -0.25) is 34.3 Å². The first-order valence-electron chi connectivity index (χ1n) is 23.0. The van der Waals surface area contributed by atoms with Gasteiger partial charge in [-0.1, -0.05) is 41.6 Å². The van der Waals surface area contributed by atoms with Gasteiger partial charge >= 0.3 is 0 Å². The lowest BCUT2D eigenvalue weighted by Gasteiger charge is -2.43. The van der Waals surface area contributed by atoms with Crippen molar-refractivity contribution >= 4 is 76.5 Å². The van der Waals surface area contributed by atoms with Crippen molar-refractivity contribution in [2.24, 2.45) is 0 Å². The molecule has 4 aliphatic rings. The summed E-state index contributed by atoms with van der Waals surface area (Å²) < 4.78 is 18.7. The molecule has 1 aromatic heterocycles. The first kappa shape index (κ1) is 47.5. The molecule has 0 aliphatic carbocycles. The van der Waals surface area contributed by atoms with Crippen molar-refractivity contribution in [3.63, 3.8) is 0 Å². The van der Waals surface area contributed by atoms with Gasteiger partial charge in [0.25, 0.3) is 5.91 Å². The number of nitrogens with one attached hydrogen (secondary N) is 4. The summed E-state index contributed by atoms with van der Waals surface area (Å²) in [7, 11) is -0.911. The van der Waals surface area contributed by atoms with E-state index in [-0.39, 0.29) is 24.1 Å². The minimum absolute atomic E-state index is 0.0422. The lowest BCUT2D eigenvalue weighted by molar-refractivity contribution is -0.137. The second-order valence-corrected chi connectivity index (χ2v) is 21.4. The van der Waals surface area contributed by atoms with E-state index in [0.717, 1.165) is 81.8 Å². The van der Waals surface area contributed by atoms with Crippen LogP contribution in [-0.2, 0) is 25.5 Å². The number of rotatable bonds is 15. The molecular weight excluding hydrogens is 891 g/mol. The van der Waals surface area contributed by atoms with E-state index in [4.69, 9.17) is 16.3 Å². The Balaban J connectivity index is 0.731. The minimum Gasteiger partial charge on any atom is -0.494 e. The molecule has 1 unspecified atom stereocenters. The third kappa shape index (κ3) is 11.6. The van der Waals surface area contributed by atoms with E-state index in [1.54, 1.807) is 31.4 Å². The van der Waals surface area contributed by atoms with Crippen LogP contribution in [0.4, 0.5) is 28.8 Å². The van der Waals surface area contributed by atoms with E-state index in [1.807, 2.05) is 48.5 Å². The van der Waals surface area contributed by atoms with E-state index in [2.05, 4.69) is 63.8 Å². The Hall–Kier alpha value is -5.98. The van der Waals surface area contributed by atoms with Crippen molar-refractivity contribution in [1.82, 2.24) is 35.3 Å². The van der Waals surface area contributed by atoms with Gasteiger partial charge in [0, 0.05) is 99.4 Å². The average molecular weight is 949 g/mol. The summed E-state index contributed by atoms with van der Waals surface area (Å²) in [4.78, 5) is 67.7. The number of carbonyl (C=O) groups is 4. The molecule has 67 heavy (non-hydrogen) atoms. The molecule has 3 fully saturated rings. The van der Waals surface area contributed by atoms with Crippen LogP contribution in [0.25, 0.3) is 0 Å². The number of piperazine rings is 1. The monoisotopic (exact) mass is 948 g/mol. The number of piperidine rings is 2. The first-order chi connectivity index (χ1) is 32.3. The number of anilines is 5. The number of amides is 4. The van der Waals surface area contributed by atoms with Gasteiger partial charge in [0.1, 0.15) is 24.0 Å². The number of nitrogens with zero attached hydrogens (tertiary/aromatic N) is 6. The molecule has 16 nitrogen and oxygen atoms in total. The van der Waals surface area contributed by atoms with Crippen molar-refractivity contribution in [1.29, 1.82) is 0 Å². The number of hydrogen-bond acceptors (Lipinski definition) is 13. The summed E-state index contributed by atoms with van der Waals surface area (Å²) in [6.45, 7) is 10.2. The Morgan fingerprint density at radius 2 is 1.73 bits per heavy atom. The van der Waals surface area contributed by atoms with Crippen LogP contribution < -0.4 is 36.2 Å². The highest BCUT2D eigenvalue weighted by Crippen LogP contribution is 2.39. The SMILES string of the molecule is COc1cc(N2CCC(N3CCN(CC(=O)NCCCCC#Cc4cccc5c4CN(C4CCC(=O)NC4=O)C5=O)CC3)CC2)ccc1Nc1ncc(Cl)c(Nc2ccccc2P(C)(C)=O)n1. The van der Waals surface area contributed by atoms with Gasteiger partial charge in [0.05, 0.1) is 31.2 Å². The maximum absolute atomic E-state index is 13.1. The number of benzene rings is 3. The van der Waals surface area contributed by atoms with Gasteiger partial charge in [-0.25, -0.2) is 4.98 Å². The fourth-order valence-electron chi connectivity index (χ4n) is 9.25. The Morgan fingerprint density at radius 3 is 2.49 bits per heavy atom. The van der Waals surface area contributed by atoms with Gasteiger partial charge in [-0.05, 0) is 87.4 Å². The van der Waals surface area contributed by atoms with Crippen molar-refractivity contribution in [3.8, 4) is 17.6 Å². The van der Waals surface area contributed by atoms with E-state index in [9.17, 15) is 23.7 Å². The normalized spacial score (nSPS) is 18.2. The fraction of sp³-hybridized carbons (Fsp3) is 0.429. The zero-order valence-electron chi connectivity index (χ0n) is 38.3. The zero-order chi connectivity index (χ0) is 47.1. The molecule has 4 aromatic rings. The van der Waals surface area contributed by atoms with Crippen LogP contribution in [0.15, 0.2) is 66.9 Å². The molecule has 352 valence electrons. The molecule has 18 heteroatoms. The van der Waals surface area contributed by atoms with Crippen LogP contribution in [0.3, 0.4) is 0 Å². The second-order valence-electron chi connectivity index (χ2n) is 17.8. The molecule has 8 rings (SSSR count). The van der Waals surface area contributed by atoms with Crippen LogP contribution in [0.5, 0.6) is 5.75 Å². The average Bonchev–Trinajstić information content (AvgIpc) is 3.66. The van der Waals surface area contributed by atoms with Crippen molar-refractivity contribution in [2.75, 3.05) is 88.3 Å². The van der Waals surface area contributed by atoms with Crippen LogP contribution in [0.1, 0.15) is 66.4 Å². The molecule has 3 saturated heterocycles. The Bertz CT molecular complexity index is 2620. The van der Waals surface area contributed by atoms with Gasteiger partial charge in [0.2, 0.25) is 23.7 Å². The molecule has 3 aromatic carbocycles. The zero-order valence-corrected chi connectivity index (χ0v) is 39.9. The highest BCUT2D eigenvalue weighted by molar-refractivity contribution is 7.70. The standard InChI is InChI=1S/C49H58ClN10O6P/c1-66-42-29-35(16-17-39(42)54-49-52-30-38(50)46(56-49)53-40-14-7-8-15-43(40)67(2,3)65)58-23-20-34(21-24-58)59-27-25-57(26-28-59)32-45(62)51-22-9-5-4-6-11-33-12-10-13-36-37(33)31-60(48(36)64)41-18-19-44(61)55-47(41)63/h7-8,10,12-17,29-30,34,41H,4-5,9,18-28,31-32H2,1-3H3,(H,51,62)(H,55,61,63)(H2,52,53,54,56). The Kier molecular flexibility index (Phi) is 15.1. The summed E-state index contributed by atoms with van der Waals surface area (Å²) in [6, 6.07) is 18.8. The summed E-state index contributed by atoms with van der Waals surface area (Å²) in [5, 5.41) is 13.0. The maximum atomic E-state index is 13.1. The van der Waals surface area contributed by atoms with Crippen LogP contribution in [0, 0.1) is 11.8 Å². The number of methoxy groups -OCH3 is 1. The highest BCUT2D eigenvalue weighted by Gasteiger charge is 2.40. The molecule has 0 spiro atoms. The molecule has 4 amide bonds. The van der Waals surface area contributed by atoms with Crippen molar-refractivity contribution < 1.29 is 28.5 Å². The lowest BCUT2D eigenvalue weighted by atomic mass is 10.0. The van der Waals surface area contributed by atoms with E-state index in [1.165, 1.54) is 6.20 Å². The van der Waals surface area contributed by atoms with Crippen LogP contribution in [0.2, 0.25) is 5.02 Å². The van der Waals surface area contributed by atoms with E-state index in [0.29, 0.717) is 83.3 Å². The van der Waals surface area contributed by atoms with E-state index >= 15 is 0 Å². The third-order valence-corrected chi connectivity index (χ3v) is 14.7. The number of halogens is 1. The minimum atomic E-state index is -2.56. The lowest BCUT2D eigenvalue weighted by Crippen LogP contribution is -2.54. The van der Waals surface area contributed by atoms with Crippen LogP contribution in [-0.4, -0.2) is 133 Å². The van der Waals surface area contributed by atoms with Gasteiger partial charge in [0.15, 0.2) is 5.82 Å². The number of carbonyl (C=O) groups excluding carboxylic acids is 4. The molecule has 4 aliphatic heterocycles. The summed E-state index contributed by atoms with van der Waals surface area (Å²) in [5.74, 6) is 6.94. The molecule has 5 heterocycles. The Labute approximate surface area is 396 Å². The predicted molar refractivity (Wildman–Crippen MR) is 262 cm³/mol. The number of imide groups is 1. The molecule has 4 N–H and O–H groups in total.